The van der Waals surface area contributed by atoms with E-state index in [4.69, 9.17) is 4.42 Å². The highest BCUT2D eigenvalue weighted by molar-refractivity contribution is 5.26. The van der Waals surface area contributed by atoms with Gasteiger partial charge in [0.15, 0.2) is 0 Å². The van der Waals surface area contributed by atoms with Crippen molar-refractivity contribution in [3.05, 3.63) is 59.0 Å². The van der Waals surface area contributed by atoms with Crippen LogP contribution in [0.4, 0.5) is 0 Å². The summed E-state index contributed by atoms with van der Waals surface area (Å²) >= 11 is 0. The van der Waals surface area contributed by atoms with Crippen LogP contribution >= 0.6 is 0 Å². The third-order valence-corrected chi connectivity index (χ3v) is 3.37. The zero-order valence-electron chi connectivity index (χ0n) is 11.4. The maximum absolute atomic E-state index is 5.43. The maximum Gasteiger partial charge on any atom is 0.120 e. The molecule has 1 heterocycles. The molecule has 0 aliphatic carbocycles. The summed E-state index contributed by atoms with van der Waals surface area (Å²) in [7, 11) is 0. The lowest BCUT2D eigenvalue weighted by molar-refractivity contribution is 0.451. The van der Waals surface area contributed by atoms with Crippen LogP contribution in [0.1, 0.15) is 29.4 Å². The van der Waals surface area contributed by atoms with Crippen molar-refractivity contribution < 1.29 is 4.42 Å². The number of aryl methyl sites for hydroxylation is 2. The molecule has 18 heavy (non-hydrogen) atoms. The highest BCUT2D eigenvalue weighted by atomic mass is 16.3. The zero-order valence-corrected chi connectivity index (χ0v) is 11.4. The van der Waals surface area contributed by atoms with Crippen molar-refractivity contribution in [2.45, 2.75) is 39.8 Å². The number of furan rings is 1. The van der Waals surface area contributed by atoms with E-state index in [1.54, 1.807) is 6.26 Å². The van der Waals surface area contributed by atoms with Gasteiger partial charge in [0, 0.05) is 6.04 Å². The van der Waals surface area contributed by atoms with E-state index in [0.29, 0.717) is 6.04 Å². The van der Waals surface area contributed by atoms with Crippen LogP contribution in [0.5, 0.6) is 0 Å². The Morgan fingerprint density at radius 3 is 2.56 bits per heavy atom. The summed E-state index contributed by atoms with van der Waals surface area (Å²) in [6, 6.07) is 11.0. The highest BCUT2D eigenvalue weighted by Gasteiger charge is 2.07. The van der Waals surface area contributed by atoms with Crippen LogP contribution < -0.4 is 5.32 Å². The van der Waals surface area contributed by atoms with E-state index in [2.05, 4.69) is 50.4 Å². The first-order valence-corrected chi connectivity index (χ1v) is 6.47. The number of benzene rings is 1. The Balaban J connectivity index is 1.88. The van der Waals surface area contributed by atoms with Crippen LogP contribution in [-0.2, 0) is 13.0 Å². The summed E-state index contributed by atoms with van der Waals surface area (Å²) in [5.74, 6) is 1.03. The van der Waals surface area contributed by atoms with Gasteiger partial charge in [0.05, 0.1) is 12.8 Å². The Labute approximate surface area is 109 Å². The molecule has 0 bridgehead atoms. The van der Waals surface area contributed by atoms with Gasteiger partial charge in [-0.2, -0.15) is 0 Å². The zero-order chi connectivity index (χ0) is 13.0. The molecule has 2 heteroatoms. The molecule has 1 aromatic heterocycles. The first-order chi connectivity index (χ1) is 8.66. The van der Waals surface area contributed by atoms with E-state index in [1.165, 1.54) is 16.7 Å². The predicted molar refractivity (Wildman–Crippen MR) is 74.6 cm³/mol. The van der Waals surface area contributed by atoms with Crippen molar-refractivity contribution in [1.29, 1.82) is 0 Å². The lowest BCUT2D eigenvalue weighted by Gasteiger charge is -2.14. The molecule has 1 N–H and O–H groups in total. The van der Waals surface area contributed by atoms with Crippen LogP contribution in [0.15, 0.2) is 41.0 Å². The molecule has 0 aliphatic rings. The summed E-state index contributed by atoms with van der Waals surface area (Å²) in [6.07, 6.45) is 2.80. The van der Waals surface area contributed by atoms with E-state index in [1.807, 2.05) is 6.07 Å². The number of hydrogen-bond acceptors (Lipinski definition) is 2. The van der Waals surface area contributed by atoms with E-state index in [-0.39, 0.29) is 0 Å². The van der Waals surface area contributed by atoms with Crippen molar-refractivity contribution in [3.63, 3.8) is 0 Å². The third kappa shape index (κ3) is 3.23. The van der Waals surface area contributed by atoms with Gasteiger partial charge in [-0.15, -0.1) is 0 Å². The molecule has 0 aliphatic heterocycles. The van der Waals surface area contributed by atoms with Crippen LogP contribution in [0.2, 0.25) is 0 Å². The highest BCUT2D eigenvalue weighted by Crippen LogP contribution is 2.11. The van der Waals surface area contributed by atoms with Gasteiger partial charge in [0.2, 0.25) is 0 Å². The van der Waals surface area contributed by atoms with Crippen molar-refractivity contribution in [3.8, 4) is 0 Å². The van der Waals surface area contributed by atoms with E-state index in [0.717, 1.165) is 18.7 Å². The van der Waals surface area contributed by atoms with Gasteiger partial charge in [-0.25, -0.2) is 0 Å². The van der Waals surface area contributed by atoms with Crippen molar-refractivity contribution >= 4 is 0 Å². The molecule has 0 saturated heterocycles. The normalized spacial score (nSPS) is 12.6. The molecule has 96 valence electrons. The second kappa shape index (κ2) is 5.87. The summed E-state index contributed by atoms with van der Waals surface area (Å²) in [5, 5.41) is 3.51. The standard InChI is InChI=1S/C16H21NO/c1-12-6-4-5-7-15(12)10-14(3)17-11-16-13(2)8-9-18-16/h4-9,14,17H,10-11H2,1-3H3. The molecule has 1 aromatic carbocycles. The SMILES string of the molecule is Cc1ccccc1CC(C)NCc1occc1C. The Morgan fingerprint density at radius 2 is 1.89 bits per heavy atom. The molecule has 1 unspecified atom stereocenters. The third-order valence-electron chi connectivity index (χ3n) is 3.37. The number of rotatable bonds is 5. The van der Waals surface area contributed by atoms with Crippen molar-refractivity contribution in [1.82, 2.24) is 5.32 Å². The number of nitrogens with one attached hydrogen (secondary N) is 1. The molecule has 0 fully saturated rings. The second-order valence-electron chi connectivity index (χ2n) is 4.94. The molecule has 2 rings (SSSR count). The summed E-state index contributed by atoms with van der Waals surface area (Å²) < 4.78 is 5.43. The largest absolute Gasteiger partial charge is 0.468 e. The Bertz CT molecular complexity index is 501. The number of hydrogen-bond donors (Lipinski definition) is 1. The molecule has 2 aromatic rings. The van der Waals surface area contributed by atoms with E-state index < -0.39 is 0 Å². The Hall–Kier alpha value is -1.54. The minimum atomic E-state index is 0.440. The lowest BCUT2D eigenvalue weighted by Crippen LogP contribution is -2.27. The van der Waals surface area contributed by atoms with E-state index in [9.17, 15) is 0 Å². The molecule has 0 radical (unpaired) electrons. The molecule has 1 atom stereocenters. The molecule has 0 amide bonds. The fourth-order valence-electron chi connectivity index (χ4n) is 2.09. The lowest BCUT2D eigenvalue weighted by atomic mass is 10.0. The van der Waals surface area contributed by atoms with Gasteiger partial charge in [-0.1, -0.05) is 24.3 Å². The van der Waals surface area contributed by atoms with Gasteiger partial charge in [0.25, 0.3) is 0 Å². The van der Waals surface area contributed by atoms with Gasteiger partial charge in [0.1, 0.15) is 5.76 Å². The smallest absolute Gasteiger partial charge is 0.120 e. The van der Waals surface area contributed by atoms with Gasteiger partial charge >= 0.3 is 0 Å². The fraction of sp³-hybridized carbons (Fsp3) is 0.375. The fourth-order valence-corrected chi connectivity index (χ4v) is 2.09. The monoisotopic (exact) mass is 243 g/mol. The second-order valence-corrected chi connectivity index (χ2v) is 4.94. The summed E-state index contributed by atoms with van der Waals surface area (Å²) in [6.45, 7) is 7.25. The van der Waals surface area contributed by atoms with Crippen molar-refractivity contribution in [2.75, 3.05) is 0 Å². The average molecular weight is 243 g/mol. The molecule has 0 spiro atoms. The van der Waals surface area contributed by atoms with E-state index >= 15 is 0 Å². The molecular formula is C16H21NO. The quantitative estimate of drug-likeness (QED) is 0.867. The molecule has 0 saturated carbocycles. The van der Waals surface area contributed by atoms with Gasteiger partial charge in [-0.3, -0.25) is 0 Å². The molecular weight excluding hydrogens is 222 g/mol. The average Bonchev–Trinajstić information content (AvgIpc) is 2.75. The summed E-state index contributed by atoms with van der Waals surface area (Å²) in [5.41, 5.74) is 3.99. The minimum Gasteiger partial charge on any atom is -0.468 e. The van der Waals surface area contributed by atoms with Gasteiger partial charge < -0.3 is 9.73 Å². The van der Waals surface area contributed by atoms with Gasteiger partial charge in [-0.05, 0) is 49.9 Å². The van der Waals surface area contributed by atoms with Crippen LogP contribution in [0.25, 0.3) is 0 Å². The maximum atomic E-state index is 5.43. The first kappa shape index (κ1) is 12.9. The Morgan fingerprint density at radius 1 is 1.11 bits per heavy atom. The van der Waals surface area contributed by atoms with Crippen LogP contribution in [0, 0.1) is 13.8 Å². The van der Waals surface area contributed by atoms with Crippen molar-refractivity contribution in [2.24, 2.45) is 0 Å². The summed E-state index contributed by atoms with van der Waals surface area (Å²) in [4.78, 5) is 0. The minimum absolute atomic E-state index is 0.440. The topological polar surface area (TPSA) is 25.2 Å². The van der Waals surface area contributed by atoms with Crippen LogP contribution in [0.3, 0.4) is 0 Å². The van der Waals surface area contributed by atoms with Crippen LogP contribution in [-0.4, -0.2) is 6.04 Å². The molecule has 2 nitrogen and oxygen atoms in total. The predicted octanol–water partition coefficient (Wildman–Crippen LogP) is 3.62. The first-order valence-electron chi connectivity index (χ1n) is 6.47. The Kier molecular flexibility index (Phi) is 4.21.